The van der Waals surface area contributed by atoms with Gasteiger partial charge in [-0.15, -0.1) is 11.8 Å². The Morgan fingerprint density at radius 1 is 0.385 bits per heavy atom. The van der Waals surface area contributed by atoms with Crippen molar-refractivity contribution in [3.8, 4) is 23.0 Å². The zero-order valence-corrected chi connectivity index (χ0v) is 48.8. The van der Waals surface area contributed by atoms with Gasteiger partial charge in [0.15, 0.2) is 0 Å². The van der Waals surface area contributed by atoms with E-state index in [0.29, 0.717) is 40.7 Å². The van der Waals surface area contributed by atoms with Gasteiger partial charge < -0.3 is 23.7 Å². The molecule has 0 aliphatic carbocycles. The third kappa shape index (κ3) is 23.8. The maximum Gasteiger partial charge on any atom is 0.344 e. The first-order chi connectivity index (χ1) is 38.2. The fourth-order valence-electron chi connectivity index (χ4n) is 9.90. The predicted molar refractivity (Wildman–Crippen MR) is 325 cm³/mol. The Morgan fingerprint density at radius 2 is 0.692 bits per heavy atom. The van der Waals surface area contributed by atoms with Crippen LogP contribution in [0.1, 0.15) is 232 Å². The Balaban J connectivity index is 1.01. The number of hydrogen-bond donors (Lipinski definition) is 0. The lowest BCUT2D eigenvalue weighted by Gasteiger charge is -2.23. The molecule has 78 heavy (non-hydrogen) atoms. The molecule has 9 heteroatoms. The molecule has 4 aromatic carbocycles. The zero-order valence-electron chi connectivity index (χ0n) is 48.0. The summed E-state index contributed by atoms with van der Waals surface area (Å²) in [6.07, 6.45) is 38.8. The Labute approximate surface area is 474 Å². The maximum atomic E-state index is 13.1. The first-order valence-corrected chi connectivity index (χ1v) is 31.1. The van der Waals surface area contributed by atoms with Crippen LogP contribution in [0.2, 0.25) is 0 Å². The molecule has 0 amide bonds. The van der Waals surface area contributed by atoms with E-state index in [-0.39, 0.29) is 17.8 Å². The van der Waals surface area contributed by atoms with Gasteiger partial charge in [0.2, 0.25) is 0 Å². The molecule has 1 aliphatic rings. The minimum atomic E-state index is -0.462. The van der Waals surface area contributed by atoms with Crippen molar-refractivity contribution >= 4 is 40.8 Å². The largest absolute Gasteiger partial charge is 0.494 e. The van der Waals surface area contributed by atoms with Gasteiger partial charge in [-0.05, 0) is 115 Å². The molecule has 1 aliphatic heterocycles. The summed E-state index contributed by atoms with van der Waals surface area (Å²) < 4.78 is 28.8. The van der Waals surface area contributed by atoms with E-state index in [1.807, 2.05) is 54.6 Å². The van der Waals surface area contributed by atoms with Gasteiger partial charge in [0, 0.05) is 11.2 Å². The predicted octanol–water partition coefficient (Wildman–Crippen LogP) is 19.8. The van der Waals surface area contributed by atoms with Crippen LogP contribution in [0.4, 0.5) is 0 Å². The lowest BCUT2D eigenvalue weighted by atomic mass is 9.86. The highest BCUT2D eigenvalue weighted by Gasteiger charge is 2.36. The fraction of sp³-hybridized carbons (Fsp3) is 0.522. The van der Waals surface area contributed by atoms with E-state index in [1.54, 1.807) is 55.5 Å². The molecule has 5 rings (SSSR count). The summed E-state index contributed by atoms with van der Waals surface area (Å²) in [7, 11) is 0. The molecule has 8 nitrogen and oxygen atoms in total. The van der Waals surface area contributed by atoms with Crippen LogP contribution in [0.15, 0.2) is 121 Å². The van der Waals surface area contributed by atoms with Crippen molar-refractivity contribution in [2.24, 2.45) is 5.92 Å². The van der Waals surface area contributed by atoms with Gasteiger partial charge >= 0.3 is 17.9 Å². The van der Waals surface area contributed by atoms with Crippen molar-refractivity contribution in [1.82, 2.24) is 0 Å². The van der Waals surface area contributed by atoms with Gasteiger partial charge in [-0.1, -0.05) is 224 Å². The van der Waals surface area contributed by atoms with E-state index in [4.69, 9.17) is 23.7 Å². The van der Waals surface area contributed by atoms with E-state index < -0.39 is 17.9 Å². The summed E-state index contributed by atoms with van der Waals surface area (Å²) in [6, 6.07) is 28.7. The Morgan fingerprint density at radius 3 is 1.04 bits per heavy atom. The first kappa shape index (κ1) is 63.3. The minimum absolute atomic E-state index is 0.253. The lowest BCUT2D eigenvalue weighted by molar-refractivity contribution is -0.137. The molecule has 0 radical (unpaired) electrons. The molecule has 0 N–H and O–H groups in total. The second kappa shape index (κ2) is 38.1. The van der Waals surface area contributed by atoms with E-state index in [9.17, 15) is 14.4 Å². The molecule has 0 bridgehead atoms. The second-order valence-electron chi connectivity index (χ2n) is 21.1. The summed E-state index contributed by atoms with van der Waals surface area (Å²) in [5.41, 5.74) is 4.07. The van der Waals surface area contributed by atoms with Crippen LogP contribution in [-0.2, 0) is 9.53 Å². The number of hydrogen-bond acceptors (Lipinski definition) is 9. The average Bonchev–Trinajstić information content (AvgIpc) is 3.94. The molecular weight excluding hydrogens is 989 g/mol. The van der Waals surface area contributed by atoms with Gasteiger partial charge in [0.1, 0.15) is 23.0 Å². The Hall–Kier alpha value is -5.54. The molecular formula is C69H94O8S. The first-order valence-electron chi connectivity index (χ1n) is 30.2. The number of carbonyl (C=O) groups is 3. The summed E-state index contributed by atoms with van der Waals surface area (Å²) in [5, 5.41) is -0.274. The highest BCUT2D eigenvalue weighted by molar-refractivity contribution is 8.05. The maximum absolute atomic E-state index is 13.1. The summed E-state index contributed by atoms with van der Waals surface area (Å²) in [5.74, 6) is 0.661. The zero-order chi connectivity index (χ0) is 55.4. The van der Waals surface area contributed by atoms with E-state index in [2.05, 4.69) is 27.0 Å². The molecule has 2 atom stereocenters. The minimum Gasteiger partial charge on any atom is -0.494 e. The number of unbranched alkanes of at least 4 members (excludes halogenated alkanes) is 26. The molecule has 4 aromatic rings. The summed E-state index contributed by atoms with van der Waals surface area (Å²) >= 11 is 1.40. The van der Waals surface area contributed by atoms with Crippen LogP contribution in [0.5, 0.6) is 23.0 Å². The standard InChI is InChI=1S/C69H94O8S/c1-6-9-11-13-15-17-19-21-23-25-27-29-31-33-51-74-60-43-39-58(40-44-60)67(70)76-62-47-35-56(36-48-62)54(4)64-53-65(69(72)73-8-3)78-66(64)55(5)57-37-49-63(50-38-57)77-68(71)59-41-45-61(46-42-59)75-52-34-32-30-28-26-24-22-20-18-16-14-12-10-7-2/h35-50,53,64,66H,4-34,51-52H2,1-3H3/t64-,66-/m1/s1. The summed E-state index contributed by atoms with van der Waals surface area (Å²) in [6.45, 7) is 16.9. The molecule has 0 saturated carbocycles. The van der Waals surface area contributed by atoms with E-state index >= 15 is 0 Å². The SMILES string of the molecule is C=C(c1ccc(OC(=O)c2ccc(OCCCCCCCCCCCCCCCC)cc2)cc1)[C@H]1C=C(C(=O)OCC)S[C@@H]1C(=C)c1ccc(OC(=O)c2ccc(OCCCCCCCCCCCCCCCC)cc2)cc1. The molecule has 0 spiro atoms. The molecule has 424 valence electrons. The third-order valence-electron chi connectivity index (χ3n) is 14.7. The van der Waals surface area contributed by atoms with Crippen molar-refractivity contribution in [2.45, 2.75) is 206 Å². The smallest absolute Gasteiger partial charge is 0.344 e. The van der Waals surface area contributed by atoms with Gasteiger partial charge in [0.25, 0.3) is 0 Å². The van der Waals surface area contributed by atoms with Gasteiger partial charge in [-0.2, -0.15) is 0 Å². The summed E-state index contributed by atoms with van der Waals surface area (Å²) in [4.78, 5) is 39.8. The number of carbonyl (C=O) groups excluding carboxylic acids is 3. The number of ether oxygens (including phenoxy) is 5. The van der Waals surface area contributed by atoms with Crippen molar-refractivity contribution < 1.29 is 38.1 Å². The molecule has 1 heterocycles. The highest BCUT2D eigenvalue weighted by atomic mass is 32.2. The Kier molecular flexibility index (Phi) is 30.9. The fourth-order valence-corrected chi connectivity index (χ4v) is 11.2. The van der Waals surface area contributed by atoms with E-state index in [0.717, 1.165) is 59.5 Å². The van der Waals surface area contributed by atoms with Crippen molar-refractivity contribution in [3.05, 3.63) is 143 Å². The molecule has 0 aromatic heterocycles. The van der Waals surface area contributed by atoms with Crippen LogP contribution in [0.25, 0.3) is 11.1 Å². The Bertz CT molecular complexity index is 2370. The van der Waals surface area contributed by atoms with Crippen molar-refractivity contribution in [1.29, 1.82) is 0 Å². The second-order valence-corrected chi connectivity index (χ2v) is 22.3. The lowest BCUT2D eigenvalue weighted by Crippen LogP contribution is -2.15. The van der Waals surface area contributed by atoms with Crippen LogP contribution in [0, 0.1) is 5.92 Å². The van der Waals surface area contributed by atoms with Gasteiger partial charge in [-0.25, -0.2) is 14.4 Å². The van der Waals surface area contributed by atoms with Crippen LogP contribution in [0.3, 0.4) is 0 Å². The van der Waals surface area contributed by atoms with Crippen LogP contribution in [-0.4, -0.2) is 43.0 Å². The topological polar surface area (TPSA) is 97.4 Å². The normalized spacial score (nSPS) is 13.9. The molecule has 0 saturated heterocycles. The monoisotopic (exact) mass is 1080 g/mol. The quantitative estimate of drug-likeness (QED) is 0.0244. The number of rotatable bonds is 42. The van der Waals surface area contributed by atoms with Crippen molar-refractivity contribution in [3.63, 3.8) is 0 Å². The van der Waals surface area contributed by atoms with Crippen LogP contribution < -0.4 is 18.9 Å². The third-order valence-corrected chi connectivity index (χ3v) is 16.1. The molecule has 0 fully saturated rings. The average molecular weight is 1080 g/mol. The number of thioether (sulfide) groups is 1. The highest BCUT2D eigenvalue weighted by Crippen LogP contribution is 2.48. The van der Waals surface area contributed by atoms with Gasteiger partial charge in [0.05, 0.1) is 35.9 Å². The number of benzene rings is 4. The number of esters is 3. The van der Waals surface area contributed by atoms with Crippen molar-refractivity contribution in [2.75, 3.05) is 19.8 Å². The molecule has 0 unspecified atom stereocenters. The number of allylic oxidation sites excluding steroid dienone is 2. The van der Waals surface area contributed by atoms with Crippen LogP contribution >= 0.6 is 11.8 Å². The van der Waals surface area contributed by atoms with E-state index in [1.165, 1.54) is 166 Å². The van der Waals surface area contributed by atoms with Gasteiger partial charge in [-0.3, -0.25) is 0 Å².